The molecule has 9 heteroatoms. The van der Waals surface area contributed by atoms with Crippen molar-refractivity contribution in [1.29, 1.82) is 0 Å². The standard InChI is InChI=1S/C23H26FN3O.C4H4O4/c24-20-10-8-18(9-11-20)22(28)7-3-13-26-14-16-27(17-15-26)21-6-1-4-19-5-2-12-25-23(19)21;5-3(6)1-2-4(7)8/h1-2,4-6,8-12,22,28H,3,7,13-17H2;1-2H,(H,5,6)(H,7,8)/b;2-1+. The molecule has 0 saturated carbocycles. The van der Waals surface area contributed by atoms with Crippen LogP contribution < -0.4 is 4.90 Å². The number of aliphatic carboxylic acids is 2. The van der Waals surface area contributed by atoms with Crippen LogP contribution >= 0.6 is 0 Å². The number of aliphatic hydroxyl groups excluding tert-OH is 1. The van der Waals surface area contributed by atoms with Crippen molar-refractivity contribution in [2.45, 2.75) is 18.9 Å². The summed E-state index contributed by atoms with van der Waals surface area (Å²) in [4.78, 5) is 28.5. The number of carbonyl (C=O) groups is 2. The number of carboxylic acids is 2. The number of hydrogen-bond acceptors (Lipinski definition) is 6. The van der Waals surface area contributed by atoms with Crippen molar-refractivity contribution in [3.05, 3.63) is 84.3 Å². The third-order valence-electron chi connectivity index (χ3n) is 5.90. The zero-order valence-corrected chi connectivity index (χ0v) is 19.8. The Bertz CT molecular complexity index is 1160. The summed E-state index contributed by atoms with van der Waals surface area (Å²) in [5, 5.41) is 27.1. The smallest absolute Gasteiger partial charge is 0.328 e. The van der Waals surface area contributed by atoms with Gasteiger partial charge in [0.15, 0.2) is 0 Å². The van der Waals surface area contributed by atoms with Crippen LogP contribution in [0.4, 0.5) is 10.1 Å². The Balaban J connectivity index is 0.000000392. The van der Waals surface area contributed by atoms with E-state index in [1.54, 1.807) is 12.1 Å². The van der Waals surface area contributed by atoms with Gasteiger partial charge in [0, 0.05) is 49.9 Å². The van der Waals surface area contributed by atoms with E-state index in [2.05, 4.69) is 39.0 Å². The summed E-state index contributed by atoms with van der Waals surface area (Å²) in [6.07, 6.45) is 4.07. The number of aliphatic hydroxyl groups is 1. The fraction of sp³-hybridized carbons (Fsp3) is 0.296. The second-order valence-electron chi connectivity index (χ2n) is 8.40. The monoisotopic (exact) mass is 495 g/mol. The lowest BCUT2D eigenvalue weighted by Crippen LogP contribution is -2.46. The van der Waals surface area contributed by atoms with Crippen molar-refractivity contribution in [1.82, 2.24) is 9.88 Å². The molecule has 2 heterocycles. The Morgan fingerprint density at radius 2 is 1.58 bits per heavy atom. The molecule has 2 aromatic carbocycles. The molecule has 0 bridgehead atoms. The lowest BCUT2D eigenvalue weighted by Gasteiger charge is -2.36. The SMILES string of the molecule is O=C(O)/C=C/C(=O)O.OC(CCCN1CCN(c2cccc3cccnc23)CC1)c1ccc(F)cc1. The minimum absolute atomic E-state index is 0.268. The molecule has 4 rings (SSSR count). The van der Waals surface area contributed by atoms with Crippen molar-refractivity contribution in [3.8, 4) is 0 Å². The minimum Gasteiger partial charge on any atom is -0.478 e. The summed E-state index contributed by atoms with van der Waals surface area (Å²) in [6, 6.07) is 16.6. The maximum Gasteiger partial charge on any atom is 0.328 e. The number of pyridine rings is 1. The normalized spacial score (nSPS) is 14.9. The van der Waals surface area contributed by atoms with Crippen molar-refractivity contribution < 1.29 is 29.3 Å². The van der Waals surface area contributed by atoms with Crippen LogP contribution in [0, 0.1) is 5.82 Å². The summed E-state index contributed by atoms with van der Waals surface area (Å²) in [7, 11) is 0. The fourth-order valence-electron chi connectivity index (χ4n) is 4.06. The predicted octanol–water partition coefficient (Wildman–Crippen LogP) is 3.72. The van der Waals surface area contributed by atoms with Crippen LogP contribution in [0.3, 0.4) is 0 Å². The van der Waals surface area contributed by atoms with Gasteiger partial charge in [0.25, 0.3) is 0 Å². The molecule has 1 fully saturated rings. The van der Waals surface area contributed by atoms with Crippen molar-refractivity contribution in [3.63, 3.8) is 0 Å². The Labute approximate surface area is 208 Å². The highest BCUT2D eigenvalue weighted by atomic mass is 19.1. The summed E-state index contributed by atoms with van der Waals surface area (Å²) in [6.45, 7) is 4.96. The van der Waals surface area contributed by atoms with E-state index in [0.29, 0.717) is 18.6 Å². The first-order valence-electron chi connectivity index (χ1n) is 11.7. The lowest BCUT2D eigenvalue weighted by molar-refractivity contribution is -0.134. The zero-order valence-electron chi connectivity index (χ0n) is 19.8. The maximum absolute atomic E-state index is 13.0. The minimum atomic E-state index is -1.26. The van der Waals surface area contributed by atoms with Gasteiger partial charge in [-0.3, -0.25) is 9.88 Å². The summed E-state index contributed by atoms with van der Waals surface area (Å²) in [5.41, 5.74) is 3.07. The average molecular weight is 496 g/mol. The number of nitrogens with zero attached hydrogens (tertiary/aromatic N) is 3. The van der Waals surface area contributed by atoms with Gasteiger partial charge in [-0.15, -0.1) is 0 Å². The maximum atomic E-state index is 13.0. The van der Waals surface area contributed by atoms with E-state index in [0.717, 1.165) is 50.2 Å². The molecule has 0 spiro atoms. The van der Waals surface area contributed by atoms with Crippen molar-refractivity contribution >= 4 is 28.5 Å². The highest BCUT2D eigenvalue weighted by Crippen LogP contribution is 2.26. The number of hydrogen-bond donors (Lipinski definition) is 3. The van der Waals surface area contributed by atoms with Gasteiger partial charge in [-0.05, 0) is 49.2 Å². The Kier molecular flexibility index (Phi) is 9.91. The molecule has 0 radical (unpaired) electrons. The Morgan fingerprint density at radius 3 is 2.22 bits per heavy atom. The van der Waals surface area contributed by atoms with Gasteiger partial charge in [0.2, 0.25) is 0 Å². The van der Waals surface area contributed by atoms with Gasteiger partial charge >= 0.3 is 11.9 Å². The molecule has 1 aliphatic rings. The molecular weight excluding hydrogens is 465 g/mol. The van der Waals surface area contributed by atoms with Crippen LogP contribution in [0.1, 0.15) is 24.5 Å². The molecule has 8 nitrogen and oxygen atoms in total. The lowest BCUT2D eigenvalue weighted by atomic mass is 10.0. The Hall–Kier alpha value is -3.82. The van der Waals surface area contributed by atoms with E-state index in [1.165, 1.54) is 23.2 Å². The quantitative estimate of drug-likeness (QED) is 0.405. The molecule has 3 N–H and O–H groups in total. The van der Waals surface area contributed by atoms with Crippen LogP contribution in [0.5, 0.6) is 0 Å². The summed E-state index contributed by atoms with van der Waals surface area (Å²) >= 11 is 0. The first kappa shape index (κ1) is 26.8. The van der Waals surface area contributed by atoms with Gasteiger partial charge in [0.05, 0.1) is 17.3 Å². The molecular formula is C27H30FN3O5. The van der Waals surface area contributed by atoms with Gasteiger partial charge < -0.3 is 20.2 Å². The number of halogens is 1. The van der Waals surface area contributed by atoms with Crippen LogP contribution in [0.2, 0.25) is 0 Å². The molecule has 3 aromatic rings. The topological polar surface area (TPSA) is 114 Å². The molecule has 1 aromatic heterocycles. The number of carboxylic acid groups (broad SMARTS) is 2. The van der Waals surface area contributed by atoms with Crippen molar-refractivity contribution in [2.75, 3.05) is 37.6 Å². The van der Waals surface area contributed by atoms with Crippen LogP contribution in [0.25, 0.3) is 10.9 Å². The molecule has 190 valence electrons. The molecule has 36 heavy (non-hydrogen) atoms. The van der Waals surface area contributed by atoms with Crippen LogP contribution in [-0.2, 0) is 9.59 Å². The van der Waals surface area contributed by atoms with E-state index in [-0.39, 0.29) is 5.82 Å². The molecule has 1 aliphatic heterocycles. The van der Waals surface area contributed by atoms with Crippen molar-refractivity contribution in [2.24, 2.45) is 0 Å². The third kappa shape index (κ3) is 8.14. The second-order valence-corrected chi connectivity index (χ2v) is 8.40. The summed E-state index contributed by atoms with van der Waals surface area (Å²) < 4.78 is 13.0. The number of anilines is 1. The van der Waals surface area contributed by atoms with Gasteiger partial charge in [-0.1, -0.05) is 30.3 Å². The predicted molar refractivity (Wildman–Crippen MR) is 135 cm³/mol. The zero-order chi connectivity index (χ0) is 25.9. The van der Waals surface area contributed by atoms with E-state index < -0.39 is 18.0 Å². The first-order chi connectivity index (χ1) is 17.3. The Morgan fingerprint density at radius 1 is 0.944 bits per heavy atom. The highest BCUT2D eigenvalue weighted by molar-refractivity contribution is 5.91. The molecule has 0 amide bonds. The molecule has 0 aliphatic carbocycles. The van der Waals surface area contributed by atoms with Crippen LogP contribution in [0.15, 0.2) is 72.9 Å². The molecule has 1 saturated heterocycles. The van der Waals surface area contributed by atoms with E-state index >= 15 is 0 Å². The number of fused-ring (bicyclic) bond motifs is 1. The average Bonchev–Trinajstić information content (AvgIpc) is 2.88. The highest BCUT2D eigenvalue weighted by Gasteiger charge is 2.19. The molecule has 1 atom stereocenters. The number of rotatable bonds is 8. The number of aromatic nitrogens is 1. The van der Waals surface area contributed by atoms with E-state index in [9.17, 15) is 19.1 Å². The third-order valence-corrected chi connectivity index (χ3v) is 5.90. The number of piperazine rings is 1. The largest absolute Gasteiger partial charge is 0.478 e. The second kappa shape index (κ2) is 13.3. The molecule has 1 unspecified atom stereocenters. The van der Waals surface area contributed by atoms with Gasteiger partial charge in [-0.25, -0.2) is 14.0 Å². The van der Waals surface area contributed by atoms with E-state index in [1.807, 2.05) is 12.3 Å². The van der Waals surface area contributed by atoms with Crippen LogP contribution in [-0.4, -0.2) is 69.9 Å². The number of para-hydroxylation sites is 1. The van der Waals surface area contributed by atoms with Gasteiger partial charge in [-0.2, -0.15) is 0 Å². The summed E-state index contributed by atoms with van der Waals surface area (Å²) in [5.74, 6) is -2.78. The van der Waals surface area contributed by atoms with Gasteiger partial charge in [0.1, 0.15) is 5.82 Å². The van der Waals surface area contributed by atoms with E-state index in [4.69, 9.17) is 10.2 Å². The number of benzene rings is 2. The first-order valence-corrected chi connectivity index (χ1v) is 11.7. The fourth-order valence-corrected chi connectivity index (χ4v) is 4.06.